The van der Waals surface area contributed by atoms with E-state index in [0.29, 0.717) is 0 Å². The van der Waals surface area contributed by atoms with E-state index in [2.05, 4.69) is 0 Å². The standard InChI is InChI=1S/C32H38O19/c1-10-19(38)23(42)25(44)31(46-10)49-27-21(40)17(8-33)48-32(29(27)51-30-24(43)20(39)15(37)9-45-30)50-28-22(41)18-14(36)6-13(35)7-16(18)47-26(28)11-2-4-12(34)5-3-11/h2-7,10,15,17,19-21,23-25,27,29-40,42-44H,8-9H2,1H3. The van der Waals surface area contributed by atoms with E-state index in [1.807, 2.05) is 0 Å². The number of aliphatic hydroxyl groups excluding tert-OH is 8. The number of fused-ring (bicyclic) bond motifs is 1. The molecule has 4 heterocycles. The minimum absolute atomic E-state index is 0.132. The summed E-state index contributed by atoms with van der Waals surface area (Å²) in [5.74, 6) is -2.29. The normalized spacial score (nSPS) is 37.4. The van der Waals surface area contributed by atoms with E-state index in [9.17, 15) is 61.0 Å². The van der Waals surface area contributed by atoms with Crippen LogP contribution in [0.3, 0.4) is 0 Å². The summed E-state index contributed by atoms with van der Waals surface area (Å²) in [5.41, 5.74) is -1.17. The molecule has 2 aromatic carbocycles. The van der Waals surface area contributed by atoms with Crippen molar-refractivity contribution in [1.29, 1.82) is 0 Å². The highest BCUT2D eigenvalue weighted by atomic mass is 16.8. The largest absolute Gasteiger partial charge is 0.508 e. The van der Waals surface area contributed by atoms with Crippen molar-refractivity contribution in [2.75, 3.05) is 13.2 Å². The van der Waals surface area contributed by atoms with Crippen LogP contribution in [0.4, 0.5) is 0 Å². The minimum atomic E-state index is -1.94. The fourth-order valence-corrected chi connectivity index (χ4v) is 6.07. The highest BCUT2D eigenvalue weighted by Gasteiger charge is 2.54. The SMILES string of the molecule is CC1OC(OC2C(O)C(CO)OC(Oc3c(-c4ccc(O)cc4)oc4cc(O)cc(O)c4c3=O)C2OC2OCC(O)C(O)C2O)C(O)C(O)C1O. The van der Waals surface area contributed by atoms with E-state index in [0.717, 1.165) is 12.1 Å². The molecule has 3 fully saturated rings. The number of aliphatic hydroxyl groups is 8. The molecule has 19 heteroatoms. The van der Waals surface area contributed by atoms with E-state index in [-0.39, 0.29) is 22.7 Å². The lowest BCUT2D eigenvalue weighted by Crippen LogP contribution is -2.66. The summed E-state index contributed by atoms with van der Waals surface area (Å²) in [4.78, 5) is 14.1. The van der Waals surface area contributed by atoms with Crippen LogP contribution in [0.2, 0.25) is 0 Å². The Morgan fingerprint density at radius 1 is 0.745 bits per heavy atom. The average molecular weight is 727 g/mol. The van der Waals surface area contributed by atoms with Gasteiger partial charge < -0.3 is 89.0 Å². The van der Waals surface area contributed by atoms with Gasteiger partial charge in [-0.3, -0.25) is 4.79 Å². The van der Waals surface area contributed by atoms with Gasteiger partial charge in [-0.25, -0.2) is 0 Å². The van der Waals surface area contributed by atoms with Crippen LogP contribution in [-0.2, 0) is 23.7 Å². The van der Waals surface area contributed by atoms with Crippen LogP contribution in [0.5, 0.6) is 23.0 Å². The third-order valence-corrected chi connectivity index (χ3v) is 8.92. The molecule has 3 aliphatic rings. The van der Waals surface area contributed by atoms with Crippen molar-refractivity contribution in [3.05, 3.63) is 46.6 Å². The predicted octanol–water partition coefficient (Wildman–Crippen LogP) is -2.93. The molecule has 0 amide bonds. The van der Waals surface area contributed by atoms with Crippen molar-refractivity contribution in [3.8, 4) is 34.3 Å². The summed E-state index contributed by atoms with van der Waals surface area (Å²) in [6.07, 6.45) is -24.1. The molecule has 14 atom stereocenters. The lowest BCUT2D eigenvalue weighted by Gasteiger charge is -2.48. The van der Waals surface area contributed by atoms with Crippen molar-refractivity contribution in [1.82, 2.24) is 0 Å². The van der Waals surface area contributed by atoms with Crippen LogP contribution in [0.25, 0.3) is 22.3 Å². The monoisotopic (exact) mass is 726 g/mol. The number of hydrogen-bond donors (Lipinski definition) is 11. The van der Waals surface area contributed by atoms with Gasteiger partial charge in [0.25, 0.3) is 0 Å². The lowest BCUT2D eigenvalue weighted by atomic mass is 9.96. The summed E-state index contributed by atoms with van der Waals surface area (Å²) in [6, 6.07) is 7.14. The first-order chi connectivity index (χ1) is 24.2. The van der Waals surface area contributed by atoms with E-state index in [1.165, 1.54) is 31.2 Å². The highest BCUT2D eigenvalue weighted by Crippen LogP contribution is 2.39. The third-order valence-electron chi connectivity index (χ3n) is 8.92. The number of rotatable bonds is 8. The Bertz CT molecular complexity index is 1730. The smallest absolute Gasteiger partial charge is 0.239 e. The van der Waals surface area contributed by atoms with Crippen LogP contribution >= 0.6 is 0 Å². The van der Waals surface area contributed by atoms with Gasteiger partial charge in [0.2, 0.25) is 17.5 Å². The Balaban J connectivity index is 1.46. The quantitative estimate of drug-likeness (QED) is 0.111. The average Bonchev–Trinajstić information content (AvgIpc) is 3.09. The van der Waals surface area contributed by atoms with E-state index in [4.69, 9.17) is 32.8 Å². The van der Waals surface area contributed by atoms with Crippen LogP contribution in [0.15, 0.2) is 45.6 Å². The summed E-state index contributed by atoms with van der Waals surface area (Å²) in [6.45, 7) is -0.0677. The number of phenols is 3. The second-order valence-electron chi connectivity index (χ2n) is 12.4. The first-order valence-electron chi connectivity index (χ1n) is 15.8. The summed E-state index contributed by atoms with van der Waals surface area (Å²) in [7, 11) is 0. The van der Waals surface area contributed by atoms with Gasteiger partial charge in [0.05, 0.1) is 19.3 Å². The molecule has 280 valence electrons. The number of aromatic hydroxyl groups is 3. The van der Waals surface area contributed by atoms with Crippen molar-refractivity contribution in [2.45, 2.75) is 92.9 Å². The number of benzene rings is 2. The topological polar surface area (TPSA) is 308 Å². The molecule has 3 aliphatic heterocycles. The van der Waals surface area contributed by atoms with Gasteiger partial charge in [-0.2, -0.15) is 0 Å². The Morgan fingerprint density at radius 3 is 2.10 bits per heavy atom. The molecule has 0 spiro atoms. The predicted molar refractivity (Wildman–Crippen MR) is 165 cm³/mol. The maximum absolute atomic E-state index is 14.1. The molecule has 3 aromatic rings. The van der Waals surface area contributed by atoms with Crippen LogP contribution in [0, 0.1) is 0 Å². The first kappa shape index (κ1) is 37.1. The molecule has 0 saturated carbocycles. The fourth-order valence-electron chi connectivity index (χ4n) is 6.07. The molecule has 1 aromatic heterocycles. The van der Waals surface area contributed by atoms with Gasteiger partial charge in [0, 0.05) is 17.7 Å². The molecular weight excluding hydrogens is 688 g/mol. The molecule has 51 heavy (non-hydrogen) atoms. The van der Waals surface area contributed by atoms with Crippen molar-refractivity contribution < 1.29 is 89.0 Å². The summed E-state index contributed by atoms with van der Waals surface area (Å²) in [5, 5.41) is 114. The zero-order valence-corrected chi connectivity index (χ0v) is 26.6. The van der Waals surface area contributed by atoms with Gasteiger partial charge in [0.1, 0.15) is 83.2 Å². The van der Waals surface area contributed by atoms with Crippen molar-refractivity contribution in [3.63, 3.8) is 0 Å². The van der Waals surface area contributed by atoms with Crippen LogP contribution in [-0.4, -0.2) is 155 Å². The van der Waals surface area contributed by atoms with Gasteiger partial charge in [-0.05, 0) is 31.2 Å². The molecule has 11 N–H and O–H groups in total. The molecule has 0 bridgehead atoms. The Labute approximate surface area is 287 Å². The highest BCUT2D eigenvalue weighted by molar-refractivity contribution is 5.88. The van der Waals surface area contributed by atoms with Gasteiger partial charge >= 0.3 is 0 Å². The van der Waals surface area contributed by atoms with E-state index >= 15 is 0 Å². The Hall–Kier alpha value is -3.67. The maximum atomic E-state index is 14.1. The van der Waals surface area contributed by atoms with Crippen LogP contribution in [0.1, 0.15) is 6.92 Å². The molecular formula is C32H38O19. The van der Waals surface area contributed by atoms with E-state index in [1.54, 1.807) is 0 Å². The molecule has 3 saturated heterocycles. The first-order valence-corrected chi connectivity index (χ1v) is 15.8. The van der Waals surface area contributed by atoms with Gasteiger partial charge in [-0.1, -0.05) is 0 Å². The third kappa shape index (κ3) is 7.09. The van der Waals surface area contributed by atoms with Crippen molar-refractivity contribution in [2.24, 2.45) is 0 Å². The molecule has 0 radical (unpaired) electrons. The molecule has 14 unspecified atom stereocenters. The summed E-state index contributed by atoms with van der Waals surface area (Å²) < 4.78 is 40.6. The fraction of sp³-hybridized carbons (Fsp3) is 0.531. The molecule has 19 nitrogen and oxygen atoms in total. The second-order valence-corrected chi connectivity index (χ2v) is 12.4. The number of phenolic OH excluding ortho intramolecular Hbond substituents is 3. The lowest BCUT2D eigenvalue weighted by molar-refractivity contribution is -0.377. The van der Waals surface area contributed by atoms with Gasteiger partial charge in [0.15, 0.2) is 24.4 Å². The Kier molecular flexibility index (Phi) is 10.7. The maximum Gasteiger partial charge on any atom is 0.239 e. The van der Waals surface area contributed by atoms with Crippen LogP contribution < -0.4 is 10.2 Å². The second kappa shape index (κ2) is 14.8. The summed E-state index contributed by atoms with van der Waals surface area (Å²) >= 11 is 0. The van der Waals surface area contributed by atoms with Crippen molar-refractivity contribution >= 4 is 11.0 Å². The number of ether oxygens (including phenoxy) is 6. The molecule has 6 rings (SSSR count). The number of hydrogen-bond acceptors (Lipinski definition) is 19. The van der Waals surface area contributed by atoms with Gasteiger partial charge in [-0.15, -0.1) is 0 Å². The zero-order chi connectivity index (χ0) is 36.9. The van der Waals surface area contributed by atoms with E-state index < -0.39 is 127 Å². The molecule has 0 aliphatic carbocycles. The minimum Gasteiger partial charge on any atom is -0.508 e. The zero-order valence-electron chi connectivity index (χ0n) is 26.6. The Morgan fingerprint density at radius 2 is 1.41 bits per heavy atom.